The van der Waals surface area contributed by atoms with Crippen LogP contribution in [-0.4, -0.2) is 27.2 Å². The highest BCUT2D eigenvalue weighted by atomic mass is 19.4. The summed E-state index contributed by atoms with van der Waals surface area (Å²) in [5, 5.41) is 7.93. The van der Waals surface area contributed by atoms with Gasteiger partial charge in [-0.1, -0.05) is 0 Å². The second kappa shape index (κ2) is 5.38. The smallest absolute Gasteiger partial charge is 0.475 e. The molecule has 0 aliphatic rings. The van der Waals surface area contributed by atoms with Crippen molar-refractivity contribution in [2.45, 2.75) is 6.18 Å². The number of hydrogen-bond acceptors (Lipinski definition) is 5. The number of carboxylic acids is 1. The molecular formula is C10H9F3N4O2. The zero-order valence-corrected chi connectivity index (χ0v) is 9.35. The Morgan fingerprint density at radius 2 is 1.79 bits per heavy atom. The fourth-order valence-electron chi connectivity index (χ4n) is 1.09. The van der Waals surface area contributed by atoms with Crippen molar-refractivity contribution in [2.24, 2.45) is 0 Å². The van der Waals surface area contributed by atoms with Crippen molar-refractivity contribution in [3.05, 3.63) is 24.5 Å². The van der Waals surface area contributed by atoms with E-state index < -0.39 is 12.1 Å². The van der Waals surface area contributed by atoms with Gasteiger partial charge in [0, 0.05) is 11.1 Å². The van der Waals surface area contributed by atoms with Crippen LogP contribution in [0.2, 0.25) is 0 Å². The molecule has 1 aromatic carbocycles. The number of fused-ring (bicyclic) bond motifs is 1. The summed E-state index contributed by atoms with van der Waals surface area (Å²) < 4.78 is 31.7. The van der Waals surface area contributed by atoms with Crippen LogP contribution in [0.15, 0.2) is 24.5 Å². The monoisotopic (exact) mass is 274 g/mol. The van der Waals surface area contributed by atoms with Crippen LogP contribution in [0.25, 0.3) is 10.9 Å². The molecule has 0 bridgehead atoms. The summed E-state index contributed by atoms with van der Waals surface area (Å²) in [6, 6.07) is 5.38. The van der Waals surface area contributed by atoms with Crippen molar-refractivity contribution in [1.29, 1.82) is 0 Å². The number of carboxylic acid groups (broad SMARTS) is 1. The van der Waals surface area contributed by atoms with E-state index in [9.17, 15) is 13.2 Å². The lowest BCUT2D eigenvalue weighted by atomic mass is 10.2. The second-order valence-corrected chi connectivity index (χ2v) is 3.34. The summed E-state index contributed by atoms with van der Waals surface area (Å²) >= 11 is 0. The third-order valence-electron chi connectivity index (χ3n) is 1.93. The van der Waals surface area contributed by atoms with Crippen LogP contribution < -0.4 is 11.5 Å². The predicted octanol–water partition coefficient (Wildman–Crippen LogP) is 1.43. The lowest BCUT2D eigenvalue weighted by Crippen LogP contribution is -2.21. The third-order valence-corrected chi connectivity index (χ3v) is 1.93. The molecule has 0 unspecified atom stereocenters. The number of nitrogen functional groups attached to an aromatic ring is 2. The van der Waals surface area contributed by atoms with Gasteiger partial charge in [0.15, 0.2) is 0 Å². The first-order chi connectivity index (χ1) is 8.71. The zero-order valence-electron chi connectivity index (χ0n) is 9.35. The Labute approximate surface area is 104 Å². The molecule has 0 radical (unpaired) electrons. The number of nitrogens with zero attached hydrogens (tertiary/aromatic N) is 2. The molecule has 0 saturated heterocycles. The molecule has 0 atom stereocenters. The van der Waals surface area contributed by atoms with Gasteiger partial charge in [0.25, 0.3) is 0 Å². The van der Waals surface area contributed by atoms with E-state index in [1.165, 1.54) is 6.33 Å². The Bertz CT molecular complexity index is 601. The topological polar surface area (TPSA) is 115 Å². The van der Waals surface area contributed by atoms with E-state index in [1.807, 2.05) is 6.07 Å². The molecule has 9 heteroatoms. The maximum atomic E-state index is 10.6. The van der Waals surface area contributed by atoms with Crippen molar-refractivity contribution in [3.8, 4) is 0 Å². The summed E-state index contributed by atoms with van der Waals surface area (Å²) in [7, 11) is 0. The minimum atomic E-state index is -5.08. The summed E-state index contributed by atoms with van der Waals surface area (Å²) in [6.45, 7) is 0. The molecule has 0 amide bonds. The minimum absolute atomic E-state index is 0.465. The Morgan fingerprint density at radius 1 is 1.21 bits per heavy atom. The van der Waals surface area contributed by atoms with Gasteiger partial charge in [0.05, 0.1) is 5.52 Å². The van der Waals surface area contributed by atoms with Crippen LogP contribution in [0.1, 0.15) is 0 Å². The summed E-state index contributed by atoms with van der Waals surface area (Å²) in [6.07, 6.45) is -3.64. The lowest BCUT2D eigenvalue weighted by Gasteiger charge is -1.99. The molecule has 6 nitrogen and oxygen atoms in total. The fourth-order valence-corrected chi connectivity index (χ4v) is 1.09. The highest BCUT2D eigenvalue weighted by molar-refractivity contribution is 5.89. The summed E-state index contributed by atoms with van der Waals surface area (Å²) in [5.41, 5.74) is 12.7. The first-order valence-electron chi connectivity index (χ1n) is 4.77. The number of aromatic nitrogens is 2. The van der Waals surface area contributed by atoms with E-state index in [0.29, 0.717) is 11.5 Å². The largest absolute Gasteiger partial charge is 0.490 e. The van der Waals surface area contributed by atoms with Crippen LogP contribution in [0.4, 0.5) is 24.7 Å². The van der Waals surface area contributed by atoms with Gasteiger partial charge >= 0.3 is 12.1 Å². The maximum absolute atomic E-state index is 10.6. The SMILES string of the molecule is Nc1ccc2ncnc(N)c2c1.O=C(O)C(F)(F)F. The second-order valence-electron chi connectivity index (χ2n) is 3.34. The Kier molecular flexibility index (Phi) is 4.10. The zero-order chi connectivity index (χ0) is 14.6. The van der Waals surface area contributed by atoms with Crippen molar-refractivity contribution in [2.75, 3.05) is 11.5 Å². The summed E-state index contributed by atoms with van der Waals surface area (Å²) in [5.74, 6) is -2.29. The number of aliphatic carboxylic acids is 1. The van der Waals surface area contributed by atoms with Crippen molar-refractivity contribution in [1.82, 2.24) is 9.97 Å². The molecule has 2 rings (SSSR count). The van der Waals surface area contributed by atoms with Crippen LogP contribution in [0, 0.1) is 0 Å². The summed E-state index contributed by atoms with van der Waals surface area (Å²) in [4.78, 5) is 16.8. The maximum Gasteiger partial charge on any atom is 0.490 e. The number of anilines is 2. The van der Waals surface area contributed by atoms with Crippen molar-refractivity contribution >= 4 is 28.4 Å². The van der Waals surface area contributed by atoms with Crippen LogP contribution in [0.3, 0.4) is 0 Å². The first-order valence-corrected chi connectivity index (χ1v) is 4.77. The number of nitrogens with two attached hydrogens (primary N) is 2. The fraction of sp³-hybridized carbons (Fsp3) is 0.100. The van der Waals surface area contributed by atoms with Crippen molar-refractivity contribution in [3.63, 3.8) is 0 Å². The predicted molar refractivity (Wildman–Crippen MR) is 62.1 cm³/mol. The van der Waals surface area contributed by atoms with E-state index in [-0.39, 0.29) is 0 Å². The quantitative estimate of drug-likeness (QED) is 0.626. The molecule has 5 N–H and O–H groups in total. The number of benzene rings is 1. The Morgan fingerprint density at radius 3 is 2.32 bits per heavy atom. The van der Waals surface area contributed by atoms with E-state index in [4.69, 9.17) is 21.4 Å². The number of halogens is 3. The number of rotatable bonds is 0. The molecule has 0 aliphatic carbocycles. The molecular weight excluding hydrogens is 265 g/mol. The molecule has 19 heavy (non-hydrogen) atoms. The Balaban J connectivity index is 0.000000224. The molecule has 1 aromatic heterocycles. The number of carbonyl (C=O) groups is 1. The van der Waals surface area contributed by atoms with Gasteiger partial charge < -0.3 is 16.6 Å². The number of hydrogen-bond donors (Lipinski definition) is 3. The van der Waals surface area contributed by atoms with Crippen LogP contribution >= 0.6 is 0 Å². The van der Waals surface area contributed by atoms with E-state index >= 15 is 0 Å². The average Bonchev–Trinajstić information content (AvgIpc) is 2.30. The van der Waals surface area contributed by atoms with E-state index in [0.717, 1.165) is 10.9 Å². The molecule has 0 saturated carbocycles. The van der Waals surface area contributed by atoms with Gasteiger partial charge in [-0.3, -0.25) is 0 Å². The first kappa shape index (κ1) is 14.5. The number of alkyl halides is 3. The van der Waals surface area contributed by atoms with Gasteiger partial charge in [-0.15, -0.1) is 0 Å². The molecule has 0 spiro atoms. The normalized spacial score (nSPS) is 10.7. The molecule has 1 heterocycles. The van der Waals surface area contributed by atoms with Gasteiger partial charge in [0.2, 0.25) is 0 Å². The van der Waals surface area contributed by atoms with Gasteiger partial charge in [-0.05, 0) is 18.2 Å². The molecule has 0 aliphatic heterocycles. The van der Waals surface area contributed by atoms with Crippen LogP contribution in [0.5, 0.6) is 0 Å². The Hall–Kier alpha value is -2.58. The van der Waals surface area contributed by atoms with Crippen LogP contribution in [-0.2, 0) is 4.79 Å². The van der Waals surface area contributed by atoms with Gasteiger partial charge in [-0.2, -0.15) is 13.2 Å². The highest BCUT2D eigenvalue weighted by Crippen LogP contribution is 2.18. The van der Waals surface area contributed by atoms with Gasteiger partial charge in [0.1, 0.15) is 12.1 Å². The molecule has 102 valence electrons. The third kappa shape index (κ3) is 3.98. The van der Waals surface area contributed by atoms with Gasteiger partial charge in [-0.25, -0.2) is 14.8 Å². The average molecular weight is 274 g/mol. The lowest BCUT2D eigenvalue weighted by molar-refractivity contribution is -0.192. The molecule has 0 fully saturated rings. The molecule has 2 aromatic rings. The van der Waals surface area contributed by atoms with Crippen molar-refractivity contribution < 1.29 is 23.1 Å². The van der Waals surface area contributed by atoms with E-state index in [2.05, 4.69) is 9.97 Å². The standard InChI is InChI=1S/C8H8N4.C2HF3O2/c9-5-1-2-7-6(3-5)8(10)12-4-11-7;3-2(4,5)1(6)7/h1-4H,9H2,(H2,10,11,12);(H,6,7). The highest BCUT2D eigenvalue weighted by Gasteiger charge is 2.38. The minimum Gasteiger partial charge on any atom is -0.475 e. The van der Waals surface area contributed by atoms with E-state index in [1.54, 1.807) is 12.1 Å².